The summed E-state index contributed by atoms with van der Waals surface area (Å²) < 4.78 is 21.4. The maximum Gasteiger partial charge on any atom is 0.345 e. The molecule has 0 saturated carbocycles. The minimum atomic E-state index is -0.683. The van der Waals surface area contributed by atoms with E-state index in [4.69, 9.17) is 42.1 Å². The predicted molar refractivity (Wildman–Crippen MR) is 163 cm³/mol. The van der Waals surface area contributed by atoms with E-state index in [0.29, 0.717) is 33.5 Å². The van der Waals surface area contributed by atoms with Gasteiger partial charge in [0.25, 0.3) is 11.8 Å². The van der Waals surface area contributed by atoms with Crippen LogP contribution in [0.5, 0.6) is 23.0 Å². The van der Waals surface area contributed by atoms with Gasteiger partial charge in [-0.05, 0) is 60.7 Å². The predicted octanol–water partition coefficient (Wildman–Crippen LogP) is 6.25. The lowest BCUT2D eigenvalue weighted by Crippen LogP contribution is -2.18. The molecule has 0 spiro atoms. The molecular weight excluding hydrogens is 597 g/mol. The third kappa shape index (κ3) is 7.62. The number of hydrogen-bond acceptors (Lipinski definition) is 8. The maximum atomic E-state index is 13.0. The van der Waals surface area contributed by atoms with Gasteiger partial charge >= 0.3 is 5.97 Å². The topological polar surface area (TPSA) is 125 Å². The smallest absolute Gasteiger partial charge is 0.345 e. The van der Waals surface area contributed by atoms with Crippen molar-refractivity contribution in [2.24, 2.45) is 5.10 Å². The lowest BCUT2D eigenvalue weighted by molar-refractivity contribution is 0.0734. The van der Waals surface area contributed by atoms with E-state index < -0.39 is 17.8 Å². The zero-order valence-corrected chi connectivity index (χ0v) is 24.7. The standard InChI is InChI=1S/C31H25Cl2N3O7/c1-40-26-14-20(15-27(41-2)28(26)42-3)29(37)35-22-9-6-8-18(13-22)30(38)36-34-17-19-7-4-5-10-25(19)43-31(39)23-12-11-21(32)16-24(23)33/h4-17H,1-3H3,(H,35,37)(H,36,38). The van der Waals surface area contributed by atoms with E-state index in [1.807, 2.05) is 0 Å². The molecule has 0 atom stereocenters. The second kappa shape index (κ2) is 14.2. The van der Waals surface area contributed by atoms with E-state index in [9.17, 15) is 14.4 Å². The third-order valence-electron chi connectivity index (χ3n) is 5.95. The lowest BCUT2D eigenvalue weighted by atomic mass is 10.1. The number of ether oxygens (including phenoxy) is 4. The Kier molecular flexibility index (Phi) is 10.2. The van der Waals surface area contributed by atoms with Crippen molar-refractivity contribution in [3.8, 4) is 23.0 Å². The molecular formula is C31H25Cl2N3O7. The van der Waals surface area contributed by atoms with Crippen LogP contribution in [0.25, 0.3) is 0 Å². The summed E-state index contributed by atoms with van der Waals surface area (Å²) in [6, 6.07) is 20.4. The van der Waals surface area contributed by atoms with Crippen LogP contribution in [0.4, 0.5) is 5.69 Å². The van der Waals surface area contributed by atoms with Gasteiger partial charge in [-0.15, -0.1) is 0 Å². The number of halogens is 2. The highest BCUT2D eigenvalue weighted by atomic mass is 35.5. The van der Waals surface area contributed by atoms with Gasteiger partial charge in [0.15, 0.2) is 11.5 Å². The van der Waals surface area contributed by atoms with Crippen molar-refractivity contribution in [3.05, 3.63) is 111 Å². The number of hydrogen-bond donors (Lipinski definition) is 2. The summed E-state index contributed by atoms with van der Waals surface area (Å²) >= 11 is 12.0. The van der Waals surface area contributed by atoms with Gasteiger partial charge in [-0.1, -0.05) is 41.4 Å². The number of nitrogens with one attached hydrogen (secondary N) is 2. The summed E-state index contributed by atoms with van der Waals surface area (Å²) in [6.45, 7) is 0. The number of rotatable bonds is 10. The summed E-state index contributed by atoms with van der Waals surface area (Å²) in [5, 5.41) is 7.28. The summed E-state index contributed by atoms with van der Waals surface area (Å²) in [7, 11) is 4.37. The highest BCUT2D eigenvalue weighted by Gasteiger charge is 2.18. The van der Waals surface area contributed by atoms with Crippen molar-refractivity contribution < 1.29 is 33.3 Å². The van der Waals surface area contributed by atoms with Crippen molar-refractivity contribution >= 4 is 52.9 Å². The first-order valence-corrected chi connectivity index (χ1v) is 13.3. The Morgan fingerprint density at radius 3 is 2.14 bits per heavy atom. The van der Waals surface area contributed by atoms with Gasteiger partial charge in [0.05, 0.1) is 38.1 Å². The fourth-order valence-corrected chi connectivity index (χ4v) is 4.35. The molecule has 0 heterocycles. The first-order chi connectivity index (χ1) is 20.7. The van der Waals surface area contributed by atoms with Gasteiger partial charge < -0.3 is 24.3 Å². The zero-order valence-electron chi connectivity index (χ0n) is 23.1. The van der Waals surface area contributed by atoms with Crippen molar-refractivity contribution in [1.82, 2.24) is 5.43 Å². The minimum Gasteiger partial charge on any atom is -0.493 e. The molecule has 4 aromatic rings. The molecule has 0 bridgehead atoms. The molecule has 0 aromatic heterocycles. The summed E-state index contributed by atoms with van der Waals surface area (Å²) in [5.74, 6) is -0.480. The minimum absolute atomic E-state index is 0.142. The van der Waals surface area contributed by atoms with E-state index in [-0.39, 0.29) is 27.5 Å². The van der Waals surface area contributed by atoms with Crippen LogP contribution in [0.2, 0.25) is 10.0 Å². The Labute approximate surface area is 257 Å². The molecule has 4 aromatic carbocycles. The molecule has 4 rings (SSSR count). The van der Waals surface area contributed by atoms with Crippen LogP contribution in [0.1, 0.15) is 36.6 Å². The highest BCUT2D eigenvalue weighted by Crippen LogP contribution is 2.38. The van der Waals surface area contributed by atoms with Crippen molar-refractivity contribution in [2.75, 3.05) is 26.6 Å². The normalized spacial score (nSPS) is 10.6. The van der Waals surface area contributed by atoms with Crippen LogP contribution >= 0.6 is 23.2 Å². The van der Waals surface area contributed by atoms with Crippen LogP contribution < -0.4 is 29.7 Å². The average Bonchev–Trinajstić information content (AvgIpc) is 3.01. The summed E-state index contributed by atoms with van der Waals surface area (Å²) in [4.78, 5) is 38.4. The Bertz CT molecular complexity index is 1680. The first kappa shape index (κ1) is 30.9. The van der Waals surface area contributed by atoms with E-state index in [2.05, 4.69) is 15.8 Å². The molecule has 43 heavy (non-hydrogen) atoms. The Morgan fingerprint density at radius 2 is 1.47 bits per heavy atom. The van der Waals surface area contributed by atoms with Gasteiger partial charge in [0.1, 0.15) is 5.75 Å². The Balaban J connectivity index is 1.43. The van der Waals surface area contributed by atoms with E-state index in [1.165, 1.54) is 63.9 Å². The van der Waals surface area contributed by atoms with Crippen LogP contribution in [-0.2, 0) is 0 Å². The first-order valence-electron chi connectivity index (χ1n) is 12.5. The molecule has 0 unspecified atom stereocenters. The number of nitrogens with zero attached hydrogens (tertiary/aromatic N) is 1. The molecule has 0 aliphatic heterocycles. The zero-order chi connectivity index (χ0) is 30.9. The number of para-hydroxylation sites is 1. The van der Waals surface area contributed by atoms with Crippen molar-refractivity contribution in [1.29, 1.82) is 0 Å². The van der Waals surface area contributed by atoms with Gasteiger partial charge in [-0.25, -0.2) is 10.2 Å². The maximum absolute atomic E-state index is 13.0. The fourth-order valence-electron chi connectivity index (χ4n) is 3.87. The molecule has 0 aliphatic carbocycles. The van der Waals surface area contributed by atoms with Crippen LogP contribution in [0.3, 0.4) is 0 Å². The van der Waals surface area contributed by atoms with E-state index in [0.717, 1.165) is 0 Å². The number of anilines is 1. The van der Waals surface area contributed by atoms with Crippen LogP contribution in [0, 0.1) is 0 Å². The number of carbonyl (C=O) groups is 3. The van der Waals surface area contributed by atoms with Crippen molar-refractivity contribution in [2.45, 2.75) is 0 Å². The van der Waals surface area contributed by atoms with Gasteiger partial charge in [0, 0.05) is 27.4 Å². The molecule has 2 N–H and O–H groups in total. The van der Waals surface area contributed by atoms with Gasteiger partial charge in [-0.2, -0.15) is 5.10 Å². The molecule has 2 amide bonds. The lowest BCUT2D eigenvalue weighted by Gasteiger charge is -2.14. The number of amides is 2. The van der Waals surface area contributed by atoms with E-state index >= 15 is 0 Å². The number of esters is 1. The monoisotopic (exact) mass is 621 g/mol. The quantitative estimate of drug-likeness (QED) is 0.0927. The number of hydrazone groups is 1. The van der Waals surface area contributed by atoms with Gasteiger partial charge in [0.2, 0.25) is 5.75 Å². The molecule has 0 fully saturated rings. The number of carbonyl (C=O) groups excluding carboxylic acids is 3. The fraction of sp³-hybridized carbons (Fsp3) is 0.0968. The highest BCUT2D eigenvalue weighted by molar-refractivity contribution is 6.36. The van der Waals surface area contributed by atoms with E-state index in [1.54, 1.807) is 42.5 Å². The molecule has 12 heteroatoms. The second-order valence-corrected chi connectivity index (χ2v) is 9.54. The van der Waals surface area contributed by atoms with Gasteiger partial charge in [-0.3, -0.25) is 9.59 Å². The molecule has 0 aliphatic rings. The Hall–Kier alpha value is -5.06. The Morgan fingerprint density at radius 1 is 0.744 bits per heavy atom. The van der Waals surface area contributed by atoms with Crippen LogP contribution in [-0.4, -0.2) is 45.3 Å². The summed E-state index contributed by atoms with van der Waals surface area (Å²) in [5.41, 5.74) is 3.85. The third-order valence-corrected chi connectivity index (χ3v) is 6.50. The summed E-state index contributed by atoms with van der Waals surface area (Å²) in [6.07, 6.45) is 1.33. The SMILES string of the molecule is COc1cc(C(=O)Nc2cccc(C(=O)NN=Cc3ccccc3OC(=O)c3ccc(Cl)cc3Cl)c2)cc(OC)c1OC. The number of methoxy groups -OCH3 is 3. The van der Waals surface area contributed by atoms with Crippen LogP contribution in [0.15, 0.2) is 84.0 Å². The average molecular weight is 622 g/mol. The molecule has 10 nitrogen and oxygen atoms in total. The second-order valence-electron chi connectivity index (χ2n) is 8.70. The largest absolute Gasteiger partial charge is 0.493 e. The molecule has 220 valence electrons. The molecule has 0 saturated heterocycles. The molecule has 0 radical (unpaired) electrons. The van der Waals surface area contributed by atoms with Crippen molar-refractivity contribution in [3.63, 3.8) is 0 Å². The number of benzene rings is 4.